The fourth-order valence-corrected chi connectivity index (χ4v) is 1.64. The number of methoxy groups -OCH3 is 1. The van der Waals surface area contributed by atoms with E-state index >= 15 is 0 Å². The molecular weight excluding hydrogens is 235 g/mol. The molecule has 16 heavy (non-hydrogen) atoms. The summed E-state index contributed by atoms with van der Waals surface area (Å²) in [4.78, 5) is 10.6. The second kappa shape index (κ2) is 5.82. The van der Waals surface area contributed by atoms with Crippen LogP contribution in [0.1, 0.15) is 17.9 Å². The Morgan fingerprint density at radius 1 is 1.62 bits per heavy atom. The molecule has 1 atom stereocenters. The summed E-state index contributed by atoms with van der Waals surface area (Å²) in [6.45, 7) is 0.258. The van der Waals surface area contributed by atoms with Crippen LogP contribution in [0, 0.1) is 5.82 Å². The van der Waals surface area contributed by atoms with Gasteiger partial charge in [-0.05, 0) is 17.7 Å². The van der Waals surface area contributed by atoms with Crippen molar-refractivity contribution in [1.82, 2.24) is 0 Å². The van der Waals surface area contributed by atoms with Crippen LogP contribution in [-0.4, -0.2) is 24.8 Å². The normalized spacial score (nSPS) is 12.4. The van der Waals surface area contributed by atoms with Gasteiger partial charge < -0.3 is 9.84 Å². The first-order valence-corrected chi connectivity index (χ1v) is 5.08. The molecule has 1 aromatic rings. The SMILES string of the molecule is COCC(CC(=O)O)c1ccc(F)c(Cl)c1. The van der Waals surface area contributed by atoms with Gasteiger partial charge in [0.2, 0.25) is 0 Å². The number of ether oxygens (including phenoxy) is 1. The zero-order valence-electron chi connectivity index (χ0n) is 8.74. The number of rotatable bonds is 5. The molecule has 0 bridgehead atoms. The van der Waals surface area contributed by atoms with Gasteiger partial charge in [0.15, 0.2) is 0 Å². The minimum Gasteiger partial charge on any atom is -0.481 e. The molecule has 0 fully saturated rings. The van der Waals surface area contributed by atoms with Crippen LogP contribution in [-0.2, 0) is 9.53 Å². The van der Waals surface area contributed by atoms with Gasteiger partial charge in [0.25, 0.3) is 0 Å². The Bertz CT molecular complexity index is 381. The van der Waals surface area contributed by atoms with Crippen molar-refractivity contribution >= 4 is 17.6 Å². The van der Waals surface area contributed by atoms with Crippen molar-refractivity contribution in [2.45, 2.75) is 12.3 Å². The molecule has 0 aliphatic heterocycles. The van der Waals surface area contributed by atoms with E-state index < -0.39 is 11.8 Å². The van der Waals surface area contributed by atoms with Crippen LogP contribution in [0.4, 0.5) is 4.39 Å². The summed E-state index contributed by atoms with van der Waals surface area (Å²) < 4.78 is 17.9. The van der Waals surface area contributed by atoms with Gasteiger partial charge in [-0.15, -0.1) is 0 Å². The Balaban J connectivity index is 2.91. The molecular formula is C11H12ClFO3. The van der Waals surface area contributed by atoms with E-state index in [4.69, 9.17) is 21.4 Å². The second-order valence-corrected chi connectivity index (χ2v) is 3.83. The van der Waals surface area contributed by atoms with Crippen LogP contribution in [0.3, 0.4) is 0 Å². The Labute approximate surface area is 97.8 Å². The molecule has 1 aromatic carbocycles. The summed E-state index contributed by atoms with van der Waals surface area (Å²) in [6.07, 6.45) is -0.0736. The van der Waals surface area contributed by atoms with Crippen molar-refractivity contribution in [1.29, 1.82) is 0 Å². The van der Waals surface area contributed by atoms with Gasteiger partial charge in [-0.1, -0.05) is 17.7 Å². The highest BCUT2D eigenvalue weighted by atomic mass is 35.5. The number of carbonyl (C=O) groups is 1. The van der Waals surface area contributed by atoms with Gasteiger partial charge in [0, 0.05) is 13.0 Å². The van der Waals surface area contributed by atoms with Gasteiger partial charge in [0.1, 0.15) is 5.82 Å². The maximum atomic E-state index is 12.9. The monoisotopic (exact) mass is 246 g/mol. The lowest BCUT2D eigenvalue weighted by Gasteiger charge is -2.14. The number of hydrogen-bond acceptors (Lipinski definition) is 2. The number of aliphatic carboxylic acids is 1. The summed E-state index contributed by atoms with van der Waals surface area (Å²) >= 11 is 5.63. The second-order valence-electron chi connectivity index (χ2n) is 3.42. The first-order chi connectivity index (χ1) is 7.54. The number of carboxylic acid groups (broad SMARTS) is 1. The first-order valence-electron chi connectivity index (χ1n) is 4.70. The van der Waals surface area contributed by atoms with Gasteiger partial charge >= 0.3 is 5.97 Å². The fourth-order valence-electron chi connectivity index (χ4n) is 1.45. The van der Waals surface area contributed by atoms with E-state index in [1.165, 1.54) is 25.3 Å². The Morgan fingerprint density at radius 2 is 2.31 bits per heavy atom. The van der Waals surface area contributed by atoms with E-state index in [2.05, 4.69) is 0 Å². The van der Waals surface area contributed by atoms with Crippen molar-refractivity contribution in [2.24, 2.45) is 0 Å². The molecule has 0 radical (unpaired) electrons. The zero-order chi connectivity index (χ0) is 12.1. The highest BCUT2D eigenvalue weighted by Crippen LogP contribution is 2.24. The van der Waals surface area contributed by atoms with E-state index in [1.807, 2.05) is 0 Å². The standard InChI is InChI=1S/C11H12ClFO3/c1-16-6-8(5-11(14)15)7-2-3-10(13)9(12)4-7/h2-4,8H,5-6H2,1H3,(H,14,15). The third-order valence-electron chi connectivity index (χ3n) is 2.20. The molecule has 1 unspecified atom stereocenters. The zero-order valence-corrected chi connectivity index (χ0v) is 9.50. The average Bonchev–Trinajstić information content (AvgIpc) is 2.21. The van der Waals surface area contributed by atoms with Crippen molar-refractivity contribution < 1.29 is 19.0 Å². The summed E-state index contributed by atoms with van der Waals surface area (Å²) in [5, 5.41) is 8.72. The molecule has 1 N–H and O–H groups in total. The third kappa shape index (κ3) is 3.47. The van der Waals surface area contributed by atoms with Crippen molar-refractivity contribution in [2.75, 3.05) is 13.7 Å². The van der Waals surface area contributed by atoms with Crippen LogP contribution in [0.2, 0.25) is 5.02 Å². The molecule has 88 valence electrons. The predicted octanol–water partition coefficient (Wildman–Crippen LogP) is 2.68. The molecule has 0 saturated carbocycles. The number of hydrogen-bond donors (Lipinski definition) is 1. The van der Waals surface area contributed by atoms with Crippen molar-refractivity contribution in [3.05, 3.63) is 34.6 Å². The van der Waals surface area contributed by atoms with Gasteiger partial charge in [0.05, 0.1) is 18.1 Å². The van der Waals surface area contributed by atoms with Crippen LogP contribution in [0.25, 0.3) is 0 Å². The van der Waals surface area contributed by atoms with Gasteiger partial charge in [-0.25, -0.2) is 4.39 Å². The molecule has 5 heteroatoms. The van der Waals surface area contributed by atoms with Gasteiger partial charge in [-0.3, -0.25) is 4.79 Å². The molecule has 0 aliphatic carbocycles. The predicted molar refractivity (Wildman–Crippen MR) is 58.3 cm³/mol. The van der Waals surface area contributed by atoms with Crippen molar-refractivity contribution in [3.8, 4) is 0 Å². The highest BCUT2D eigenvalue weighted by molar-refractivity contribution is 6.30. The summed E-state index contributed by atoms with van der Waals surface area (Å²) in [7, 11) is 1.49. The van der Waals surface area contributed by atoms with E-state index in [0.717, 1.165) is 0 Å². The molecule has 0 spiro atoms. The quantitative estimate of drug-likeness (QED) is 0.869. The molecule has 0 amide bonds. The molecule has 1 rings (SSSR count). The third-order valence-corrected chi connectivity index (χ3v) is 2.49. The molecule has 0 heterocycles. The van der Waals surface area contributed by atoms with Crippen LogP contribution in [0.15, 0.2) is 18.2 Å². The van der Waals surface area contributed by atoms with Crippen LogP contribution < -0.4 is 0 Å². The Kier molecular flexibility index (Phi) is 4.71. The minimum absolute atomic E-state index is 0.0102. The Morgan fingerprint density at radius 3 is 2.81 bits per heavy atom. The summed E-state index contributed by atoms with van der Waals surface area (Å²) in [5.41, 5.74) is 0.663. The number of carboxylic acids is 1. The van der Waals surface area contributed by atoms with Crippen molar-refractivity contribution in [3.63, 3.8) is 0 Å². The smallest absolute Gasteiger partial charge is 0.304 e. The number of halogens is 2. The summed E-state index contributed by atoms with van der Waals surface area (Å²) in [5.74, 6) is -1.76. The molecule has 0 aliphatic rings. The van der Waals surface area contributed by atoms with Gasteiger partial charge in [-0.2, -0.15) is 0 Å². The maximum absolute atomic E-state index is 12.9. The maximum Gasteiger partial charge on any atom is 0.304 e. The summed E-state index contributed by atoms with van der Waals surface area (Å²) in [6, 6.07) is 4.18. The fraction of sp³-hybridized carbons (Fsp3) is 0.364. The molecule has 3 nitrogen and oxygen atoms in total. The molecule has 0 aromatic heterocycles. The lowest BCUT2D eigenvalue weighted by molar-refractivity contribution is -0.137. The van der Waals surface area contributed by atoms with E-state index in [0.29, 0.717) is 5.56 Å². The van der Waals surface area contributed by atoms with E-state index in [1.54, 1.807) is 0 Å². The first kappa shape index (κ1) is 12.9. The minimum atomic E-state index is -0.928. The Hall–Kier alpha value is -1.13. The topological polar surface area (TPSA) is 46.5 Å². The van der Waals surface area contributed by atoms with Crippen LogP contribution >= 0.6 is 11.6 Å². The lowest BCUT2D eigenvalue weighted by atomic mass is 9.96. The number of benzene rings is 1. The van der Waals surface area contributed by atoms with E-state index in [9.17, 15) is 9.18 Å². The molecule has 0 saturated heterocycles. The highest BCUT2D eigenvalue weighted by Gasteiger charge is 2.16. The van der Waals surface area contributed by atoms with Crippen LogP contribution in [0.5, 0.6) is 0 Å². The van der Waals surface area contributed by atoms with E-state index in [-0.39, 0.29) is 24.0 Å². The largest absolute Gasteiger partial charge is 0.481 e. The average molecular weight is 247 g/mol. The lowest BCUT2D eigenvalue weighted by Crippen LogP contribution is -2.11.